The monoisotopic (exact) mass is 388 g/mol. The number of rotatable bonds is 6. The first-order valence-corrected chi connectivity index (χ1v) is 10.7. The van der Waals surface area contributed by atoms with Crippen molar-refractivity contribution in [3.63, 3.8) is 0 Å². The van der Waals surface area contributed by atoms with Crippen LogP contribution in [0.15, 0.2) is 42.5 Å². The van der Waals surface area contributed by atoms with Crippen LogP contribution >= 0.6 is 0 Å². The Labute approximate surface area is 159 Å². The third-order valence-electron chi connectivity index (χ3n) is 5.42. The highest BCUT2D eigenvalue weighted by Gasteiger charge is 2.43. The molecule has 3 rings (SSSR count). The summed E-state index contributed by atoms with van der Waals surface area (Å²) in [5, 5.41) is 12.2. The molecule has 0 aliphatic carbocycles. The Hall–Kier alpha value is -2.22. The SMILES string of the molecule is CC(CCc1ccc(-c2ccc3c(c2)CNC3)cc1)(C(=O)NO)S(C)(=O)=O. The van der Waals surface area contributed by atoms with E-state index >= 15 is 0 Å². The fourth-order valence-electron chi connectivity index (χ4n) is 3.31. The van der Waals surface area contributed by atoms with Crippen molar-refractivity contribution < 1.29 is 18.4 Å². The molecule has 0 fully saturated rings. The Bertz CT molecular complexity index is 954. The van der Waals surface area contributed by atoms with Gasteiger partial charge in [0.15, 0.2) is 9.84 Å². The fourth-order valence-corrected chi connectivity index (χ4v) is 4.16. The van der Waals surface area contributed by atoms with Crippen LogP contribution in [0.25, 0.3) is 11.1 Å². The maximum Gasteiger partial charge on any atom is 0.264 e. The molecule has 3 N–H and O–H groups in total. The van der Waals surface area contributed by atoms with Gasteiger partial charge in [-0.05, 0) is 53.6 Å². The highest BCUT2D eigenvalue weighted by molar-refractivity contribution is 7.92. The van der Waals surface area contributed by atoms with Crippen LogP contribution in [0, 0.1) is 0 Å². The number of hydrogen-bond donors (Lipinski definition) is 3. The van der Waals surface area contributed by atoms with E-state index in [0.29, 0.717) is 6.42 Å². The van der Waals surface area contributed by atoms with Gasteiger partial charge < -0.3 is 5.32 Å². The summed E-state index contributed by atoms with van der Waals surface area (Å²) in [6, 6.07) is 14.3. The van der Waals surface area contributed by atoms with Crippen LogP contribution in [0.2, 0.25) is 0 Å². The lowest BCUT2D eigenvalue weighted by molar-refractivity contribution is -0.131. The van der Waals surface area contributed by atoms with Crippen LogP contribution in [-0.4, -0.2) is 30.5 Å². The summed E-state index contributed by atoms with van der Waals surface area (Å²) in [6.45, 7) is 3.13. The van der Waals surface area contributed by atoms with Crippen molar-refractivity contribution in [1.82, 2.24) is 10.8 Å². The lowest BCUT2D eigenvalue weighted by atomic mass is 9.96. The Morgan fingerprint density at radius 1 is 1.11 bits per heavy atom. The summed E-state index contributed by atoms with van der Waals surface area (Å²) in [5.74, 6) is -0.909. The van der Waals surface area contributed by atoms with Crippen molar-refractivity contribution in [2.45, 2.75) is 37.6 Å². The molecule has 1 heterocycles. The summed E-state index contributed by atoms with van der Waals surface area (Å²) in [5.41, 5.74) is 7.29. The molecule has 0 saturated carbocycles. The average molecular weight is 388 g/mol. The standard InChI is InChI=1S/C20H24N2O4S/c1-20(19(23)22-24,27(2,25)26)10-9-14-3-5-15(6-4-14)16-7-8-17-12-21-13-18(17)11-16/h3-8,11,21,24H,9-10,12-13H2,1-2H3,(H,22,23). The zero-order valence-corrected chi connectivity index (χ0v) is 16.3. The third kappa shape index (κ3) is 3.90. The molecule has 0 aromatic heterocycles. The Morgan fingerprint density at radius 2 is 1.74 bits per heavy atom. The van der Waals surface area contributed by atoms with Gasteiger partial charge in [0.1, 0.15) is 4.75 Å². The van der Waals surface area contributed by atoms with E-state index in [1.54, 1.807) is 0 Å². The van der Waals surface area contributed by atoms with E-state index in [-0.39, 0.29) is 6.42 Å². The molecular weight excluding hydrogens is 364 g/mol. The first kappa shape index (κ1) is 19.5. The molecular formula is C20H24N2O4S. The van der Waals surface area contributed by atoms with Gasteiger partial charge in [-0.15, -0.1) is 0 Å². The molecule has 1 amide bonds. The molecule has 6 nitrogen and oxygen atoms in total. The summed E-state index contributed by atoms with van der Waals surface area (Å²) in [6.07, 6.45) is 1.50. The van der Waals surface area contributed by atoms with Gasteiger partial charge >= 0.3 is 0 Å². The number of nitrogens with one attached hydrogen (secondary N) is 2. The summed E-state index contributed by atoms with van der Waals surface area (Å²) in [7, 11) is -3.68. The van der Waals surface area contributed by atoms with Crippen LogP contribution in [0.3, 0.4) is 0 Å². The normalized spacial score (nSPS) is 15.8. The second kappa shape index (κ2) is 7.42. The predicted octanol–water partition coefficient (Wildman–Crippen LogP) is 2.20. The van der Waals surface area contributed by atoms with Crippen LogP contribution in [0.1, 0.15) is 30.0 Å². The van der Waals surface area contributed by atoms with Crippen molar-refractivity contribution in [2.24, 2.45) is 0 Å². The Morgan fingerprint density at radius 3 is 2.37 bits per heavy atom. The number of carbonyl (C=O) groups is 1. The number of carbonyl (C=O) groups excluding carboxylic acids is 1. The Balaban J connectivity index is 1.75. The second-order valence-corrected chi connectivity index (χ2v) is 9.67. The number of amides is 1. The van der Waals surface area contributed by atoms with Gasteiger partial charge in [0, 0.05) is 19.3 Å². The van der Waals surface area contributed by atoms with Crippen molar-refractivity contribution >= 4 is 15.7 Å². The first-order valence-electron chi connectivity index (χ1n) is 8.80. The number of benzene rings is 2. The smallest absolute Gasteiger partial charge is 0.264 e. The maximum atomic E-state index is 12.0. The third-order valence-corrected chi connectivity index (χ3v) is 7.44. The van der Waals surface area contributed by atoms with Crippen molar-refractivity contribution in [3.8, 4) is 11.1 Å². The van der Waals surface area contributed by atoms with Crippen molar-refractivity contribution in [3.05, 3.63) is 59.2 Å². The average Bonchev–Trinajstić information content (AvgIpc) is 3.12. The van der Waals surface area contributed by atoms with Gasteiger partial charge in [0.05, 0.1) is 0 Å². The quantitative estimate of drug-likeness (QED) is 0.521. The molecule has 1 aliphatic rings. The van der Waals surface area contributed by atoms with Crippen molar-refractivity contribution in [2.75, 3.05) is 6.26 Å². The molecule has 0 spiro atoms. The van der Waals surface area contributed by atoms with E-state index in [1.807, 2.05) is 24.3 Å². The lowest BCUT2D eigenvalue weighted by Gasteiger charge is -2.25. The van der Waals surface area contributed by atoms with Crippen LogP contribution in [0.5, 0.6) is 0 Å². The van der Waals surface area contributed by atoms with E-state index in [1.165, 1.54) is 23.5 Å². The number of hydrogen-bond acceptors (Lipinski definition) is 5. The first-order chi connectivity index (χ1) is 12.7. The minimum Gasteiger partial charge on any atom is -0.309 e. The molecule has 7 heteroatoms. The highest BCUT2D eigenvalue weighted by atomic mass is 32.2. The minimum absolute atomic E-state index is 0.0854. The van der Waals surface area contributed by atoms with Gasteiger partial charge in [-0.25, -0.2) is 13.9 Å². The molecule has 1 aliphatic heterocycles. The maximum absolute atomic E-state index is 12.0. The van der Waals surface area contributed by atoms with Gasteiger partial charge in [-0.2, -0.15) is 0 Å². The zero-order chi connectivity index (χ0) is 19.7. The Kier molecular flexibility index (Phi) is 5.37. The molecule has 2 aromatic rings. The molecule has 144 valence electrons. The molecule has 0 saturated heterocycles. The predicted molar refractivity (Wildman–Crippen MR) is 104 cm³/mol. The zero-order valence-electron chi connectivity index (χ0n) is 15.5. The lowest BCUT2D eigenvalue weighted by Crippen LogP contribution is -2.49. The second-order valence-electron chi connectivity index (χ2n) is 7.23. The molecule has 1 atom stereocenters. The molecule has 0 radical (unpaired) electrons. The largest absolute Gasteiger partial charge is 0.309 e. The van der Waals surface area contributed by atoms with Gasteiger partial charge in [-0.1, -0.05) is 36.4 Å². The molecule has 1 unspecified atom stereocenters. The number of hydroxylamine groups is 1. The van der Waals surface area contributed by atoms with E-state index in [4.69, 9.17) is 5.21 Å². The summed E-state index contributed by atoms with van der Waals surface area (Å²) < 4.78 is 22.4. The topological polar surface area (TPSA) is 95.5 Å². The van der Waals surface area contributed by atoms with Gasteiger partial charge in [-0.3, -0.25) is 10.0 Å². The molecule has 27 heavy (non-hydrogen) atoms. The van der Waals surface area contributed by atoms with Crippen LogP contribution < -0.4 is 10.8 Å². The van der Waals surface area contributed by atoms with Gasteiger partial charge in [0.25, 0.3) is 5.91 Å². The van der Waals surface area contributed by atoms with Gasteiger partial charge in [0.2, 0.25) is 0 Å². The minimum atomic E-state index is -3.68. The van der Waals surface area contributed by atoms with Crippen LogP contribution in [-0.2, 0) is 34.1 Å². The molecule has 2 aromatic carbocycles. The number of sulfone groups is 1. The summed E-state index contributed by atoms with van der Waals surface area (Å²) in [4.78, 5) is 11.9. The molecule has 0 bridgehead atoms. The van der Waals surface area contributed by atoms with E-state index < -0.39 is 20.5 Å². The van der Waals surface area contributed by atoms with Crippen LogP contribution in [0.4, 0.5) is 0 Å². The van der Waals surface area contributed by atoms with Crippen molar-refractivity contribution in [1.29, 1.82) is 0 Å². The highest BCUT2D eigenvalue weighted by Crippen LogP contribution is 2.27. The number of aryl methyl sites for hydroxylation is 1. The number of fused-ring (bicyclic) bond motifs is 1. The fraction of sp³-hybridized carbons (Fsp3) is 0.350. The summed E-state index contributed by atoms with van der Waals surface area (Å²) >= 11 is 0. The van der Waals surface area contributed by atoms with E-state index in [2.05, 4.69) is 23.5 Å². The van der Waals surface area contributed by atoms with E-state index in [9.17, 15) is 13.2 Å². The van der Waals surface area contributed by atoms with E-state index in [0.717, 1.165) is 36.0 Å².